The molecule has 2 aromatic rings. The standard InChI is InChI=1S/C13H18BN3O2/c1-16(10-13-15-7-8-17(13)2)9-11-5-3-4-6-12(11)14(18)19/h3-8,18-19H,9-10H2,1-2H3. The van der Waals surface area contributed by atoms with Crippen LogP contribution in [0, 0.1) is 0 Å². The Morgan fingerprint density at radius 3 is 2.63 bits per heavy atom. The molecule has 1 aromatic carbocycles. The molecule has 19 heavy (non-hydrogen) atoms. The maximum absolute atomic E-state index is 9.34. The van der Waals surface area contributed by atoms with Gasteiger partial charge in [0.15, 0.2) is 0 Å². The quantitative estimate of drug-likeness (QED) is 0.726. The van der Waals surface area contributed by atoms with Crippen molar-refractivity contribution in [2.45, 2.75) is 13.1 Å². The highest BCUT2D eigenvalue weighted by Gasteiger charge is 2.16. The van der Waals surface area contributed by atoms with Crippen LogP contribution in [0.25, 0.3) is 0 Å². The van der Waals surface area contributed by atoms with Crippen LogP contribution in [-0.4, -0.2) is 38.7 Å². The first-order valence-corrected chi connectivity index (χ1v) is 6.16. The summed E-state index contributed by atoms with van der Waals surface area (Å²) in [7, 11) is 2.51. The van der Waals surface area contributed by atoms with E-state index in [4.69, 9.17) is 0 Å². The zero-order valence-corrected chi connectivity index (χ0v) is 11.2. The zero-order valence-electron chi connectivity index (χ0n) is 11.2. The Morgan fingerprint density at radius 2 is 2.00 bits per heavy atom. The van der Waals surface area contributed by atoms with Gasteiger partial charge in [0.1, 0.15) is 5.82 Å². The average Bonchev–Trinajstić information content (AvgIpc) is 2.75. The van der Waals surface area contributed by atoms with Crippen LogP contribution in [0.5, 0.6) is 0 Å². The summed E-state index contributed by atoms with van der Waals surface area (Å²) in [6.07, 6.45) is 3.68. The summed E-state index contributed by atoms with van der Waals surface area (Å²) in [5, 5.41) is 18.7. The maximum Gasteiger partial charge on any atom is 0.488 e. The predicted molar refractivity (Wildman–Crippen MR) is 74.6 cm³/mol. The number of benzene rings is 1. The van der Waals surface area contributed by atoms with E-state index >= 15 is 0 Å². The van der Waals surface area contributed by atoms with Gasteiger partial charge in [-0.25, -0.2) is 4.98 Å². The lowest BCUT2D eigenvalue weighted by Crippen LogP contribution is -2.35. The van der Waals surface area contributed by atoms with Gasteiger partial charge in [-0.2, -0.15) is 0 Å². The van der Waals surface area contributed by atoms with E-state index < -0.39 is 7.12 Å². The number of imidazole rings is 1. The molecule has 0 spiro atoms. The Bertz CT molecular complexity index is 542. The van der Waals surface area contributed by atoms with Crippen LogP contribution in [0.4, 0.5) is 0 Å². The minimum atomic E-state index is -1.43. The molecule has 0 atom stereocenters. The van der Waals surface area contributed by atoms with E-state index in [0.717, 1.165) is 11.4 Å². The van der Waals surface area contributed by atoms with Crippen LogP contribution in [0.15, 0.2) is 36.7 Å². The molecule has 0 unspecified atom stereocenters. The molecule has 0 saturated carbocycles. The summed E-state index contributed by atoms with van der Waals surface area (Å²) in [4.78, 5) is 6.36. The van der Waals surface area contributed by atoms with Crippen molar-refractivity contribution in [1.29, 1.82) is 0 Å². The highest BCUT2D eigenvalue weighted by atomic mass is 16.4. The fourth-order valence-corrected chi connectivity index (χ4v) is 2.07. The summed E-state index contributed by atoms with van der Waals surface area (Å²) in [6.45, 7) is 1.35. The van der Waals surface area contributed by atoms with Crippen LogP contribution in [0.2, 0.25) is 0 Å². The van der Waals surface area contributed by atoms with Gasteiger partial charge in [-0.3, -0.25) is 4.90 Å². The SMILES string of the molecule is CN(Cc1ccccc1B(O)O)Cc1nccn1C. The minimum Gasteiger partial charge on any atom is -0.423 e. The zero-order chi connectivity index (χ0) is 13.8. The number of aromatic nitrogens is 2. The molecule has 0 aliphatic heterocycles. The van der Waals surface area contributed by atoms with E-state index in [1.807, 2.05) is 37.0 Å². The molecule has 100 valence electrons. The smallest absolute Gasteiger partial charge is 0.423 e. The summed E-state index contributed by atoms with van der Waals surface area (Å²) in [5.41, 5.74) is 1.46. The van der Waals surface area contributed by atoms with Gasteiger partial charge < -0.3 is 14.6 Å². The number of aryl methyl sites for hydroxylation is 1. The largest absolute Gasteiger partial charge is 0.488 e. The van der Waals surface area contributed by atoms with Crippen LogP contribution < -0.4 is 5.46 Å². The van der Waals surface area contributed by atoms with Crippen molar-refractivity contribution in [3.8, 4) is 0 Å². The van der Waals surface area contributed by atoms with Gasteiger partial charge in [0.2, 0.25) is 0 Å². The Labute approximate surface area is 113 Å². The Hall–Kier alpha value is -1.63. The molecule has 1 aromatic heterocycles. The summed E-state index contributed by atoms with van der Waals surface area (Å²) < 4.78 is 1.98. The van der Waals surface area contributed by atoms with Crippen molar-refractivity contribution in [3.63, 3.8) is 0 Å². The first-order chi connectivity index (χ1) is 9.08. The monoisotopic (exact) mass is 259 g/mol. The molecule has 0 saturated heterocycles. The van der Waals surface area contributed by atoms with Crippen molar-refractivity contribution < 1.29 is 10.0 Å². The lowest BCUT2D eigenvalue weighted by molar-refractivity contribution is 0.307. The fourth-order valence-electron chi connectivity index (χ4n) is 2.07. The van der Waals surface area contributed by atoms with Crippen LogP contribution >= 0.6 is 0 Å². The first-order valence-electron chi connectivity index (χ1n) is 6.16. The molecule has 1 heterocycles. The van der Waals surface area contributed by atoms with Crippen molar-refractivity contribution in [3.05, 3.63) is 48.0 Å². The average molecular weight is 259 g/mol. The summed E-state index contributed by atoms with van der Waals surface area (Å²) >= 11 is 0. The van der Waals surface area contributed by atoms with Gasteiger partial charge in [0.25, 0.3) is 0 Å². The Kier molecular flexibility index (Phi) is 4.37. The van der Waals surface area contributed by atoms with E-state index in [1.165, 1.54) is 0 Å². The highest BCUT2D eigenvalue weighted by molar-refractivity contribution is 6.59. The van der Waals surface area contributed by atoms with Crippen molar-refractivity contribution >= 4 is 12.6 Å². The molecule has 0 amide bonds. The predicted octanol–water partition coefficient (Wildman–Crippen LogP) is -0.268. The van der Waals surface area contributed by atoms with Crippen molar-refractivity contribution in [2.24, 2.45) is 7.05 Å². The number of rotatable bonds is 5. The third-order valence-electron chi connectivity index (χ3n) is 3.11. The van der Waals surface area contributed by atoms with E-state index in [1.54, 1.807) is 18.3 Å². The third kappa shape index (κ3) is 3.44. The second-order valence-electron chi connectivity index (χ2n) is 4.70. The van der Waals surface area contributed by atoms with E-state index in [2.05, 4.69) is 9.88 Å². The first kappa shape index (κ1) is 13.8. The Balaban J connectivity index is 2.07. The lowest BCUT2D eigenvalue weighted by Gasteiger charge is -2.18. The maximum atomic E-state index is 9.34. The molecule has 5 nitrogen and oxygen atoms in total. The molecule has 2 rings (SSSR count). The van der Waals surface area contributed by atoms with Gasteiger partial charge in [0.05, 0.1) is 6.54 Å². The Morgan fingerprint density at radius 1 is 1.26 bits per heavy atom. The van der Waals surface area contributed by atoms with Crippen LogP contribution in [-0.2, 0) is 20.1 Å². The molecule has 2 N–H and O–H groups in total. The minimum absolute atomic E-state index is 0.550. The topological polar surface area (TPSA) is 61.5 Å². The van der Waals surface area contributed by atoms with Gasteiger partial charge in [0, 0.05) is 26.0 Å². The molecule has 0 fully saturated rings. The molecular weight excluding hydrogens is 241 g/mol. The van der Waals surface area contributed by atoms with Crippen LogP contribution in [0.3, 0.4) is 0 Å². The van der Waals surface area contributed by atoms with E-state index in [-0.39, 0.29) is 0 Å². The van der Waals surface area contributed by atoms with Crippen molar-refractivity contribution in [1.82, 2.24) is 14.5 Å². The second-order valence-corrected chi connectivity index (χ2v) is 4.70. The molecule has 0 bridgehead atoms. The molecule has 0 aliphatic rings. The molecule has 6 heteroatoms. The van der Waals surface area contributed by atoms with Gasteiger partial charge >= 0.3 is 7.12 Å². The van der Waals surface area contributed by atoms with Gasteiger partial charge in [-0.05, 0) is 18.1 Å². The number of hydrogen-bond donors (Lipinski definition) is 2. The molecule has 0 aliphatic carbocycles. The number of nitrogens with zero attached hydrogens (tertiary/aromatic N) is 3. The summed E-state index contributed by atoms with van der Waals surface area (Å²) in [6, 6.07) is 7.34. The molecular formula is C13H18BN3O2. The van der Waals surface area contributed by atoms with Crippen molar-refractivity contribution in [2.75, 3.05) is 7.05 Å². The normalized spacial score (nSPS) is 11.0. The van der Waals surface area contributed by atoms with Gasteiger partial charge in [-0.1, -0.05) is 24.3 Å². The lowest BCUT2D eigenvalue weighted by atomic mass is 9.77. The number of hydrogen-bond acceptors (Lipinski definition) is 4. The van der Waals surface area contributed by atoms with Crippen LogP contribution in [0.1, 0.15) is 11.4 Å². The summed E-state index contributed by atoms with van der Waals surface area (Å²) in [5.74, 6) is 0.976. The second kappa shape index (κ2) is 6.01. The van der Waals surface area contributed by atoms with E-state index in [9.17, 15) is 10.0 Å². The van der Waals surface area contributed by atoms with Gasteiger partial charge in [-0.15, -0.1) is 0 Å². The molecule has 0 radical (unpaired) electrons. The highest BCUT2D eigenvalue weighted by Crippen LogP contribution is 2.05. The third-order valence-corrected chi connectivity index (χ3v) is 3.11. The fraction of sp³-hybridized carbons (Fsp3) is 0.308. The van der Waals surface area contributed by atoms with E-state index in [0.29, 0.717) is 18.6 Å².